The van der Waals surface area contributed by atoms with Gasteiger partial charge in [0.25, 0.3) is 5.91 Å². The lowest BCUT2D eigenvalue weighted by molar-refractivity contribution is -0.130. The Labute approximate surface area is 137 Å². The molecule has 2 rings (SSSR count). The first kappa shape index (κ1) is 16.5. The third kappa shape index (κ3) is 3.65. The molecule has 22 heavy (non-hydrogen) atoms. The summed E-state index contributed by atoms with van der Waals surface area (Å²) in [7, 11) is 0. The largest absolute Gasteiger partial charge is 0.339 e. The van der Waals surface area contributed by atoms with Crippen LogP contribution in [0.15, 0.2) is 28.7 Å². The summed E-state index contributed by atoms with van der Waals surface area (Å²) in [6.45, 7) is 4.20. The summed E-state index contributed by atoms with van der Waals surface area (Å²) in [5, 5.41) is 0. The number of rotatable bonds is 3. The van der Waals surface area contributed by atoms with E-state index in [0.29, 0.717) is 16.6 Å². The SMILES string of the molecule is CC(C)N1CC(C(=O)NNC(=O)c2ccccc2Br)CC1=O. The third-order valence-electron chi connectivity index (χ3n) is 3.57. The molecular weight excluding hydrogens is 350 g/mol. The molecule has 0 bridgehead atoms. The second-order valence-corrected chi connectivity index (χ2v) is 6.32. The lowest BCUT2D eigenvalue weighted by Gasteiger charge is -2.20. The van der Waals surface area contributed by atoms with Crippen molar-refractivity contribution in [3.05, 3.63) is 34.3 Å². The van der Waals surface area contributed by atoms with Gasteiger partial charge in [-0.15, -0.1) is 0 Å². The minimum Gasteiger partial charge on any atom is -0.339 e. The Balaban J connectivity index is 1.90. The van der Waals surface area contributed by atoms with Gasteiger partial charge in [-0.25, -0.2) is 0 Å². The molecule has 6 nitrogen and oxygen atoms in total. The summed E-state index contributed by atoms with van der Waals surface area (Å²) >= 11 is 3.28. The molecule has 3 amide bonds. The monoisotopic (exact) mass is 367 g/mol. The molecule has 1 fully saturated rings. The van der Waals surface area contributed by atoms with Crippen molar-refractivity contribution in [3.8, 4) is 0 Å². The van der Waals surface area contributed by atoms with Crippen molar-refractivity contribution in [1.82, 2.24) is 15.8 Å². The zero-order valence-electron chi connectivity index (χ0n) is 12.4. The molecular formula is C15H18BrN3O3. The van der Waals surface area contributed by atoms with Crippen molar-refractivity contribution >= 4 is 33.7 Å². The summed E-state index contributed by atoms with van der Waals surface area (Å²) in [5.74, 6) is -1.23. The Kier molecular flexibility index (Phi) is 5.18. The Bertz CT molecular complexity index is 603. The maximum Gasteiger partial charge on any atom is 0.270 e. The molecule has 0 spiro atoms. The molecule has 118 valence electrons. The number of carbonyl (C=O) groups excluding carboxylic acids is 3. The molecule has 1 aliphatic rings. The number of amides is 3. The number of nitrogens with one attached hydrogen (secondary N) is 2. The van der Waals surface area contributed by atoms with Gasteiger partial charge in [0.1, 0.15) is 0 Å². The Morgan fingerprint density at radius 1 is 1.27 bits per heavy atom. The summed E-state index contributed by atoms with van der Waals surface area (Å²) in [6.07, 6.45) is 0.176. The van der Waals surface area contributed by atoms with E-state index in [1.165, 1.54) is 0 Å². The van der Waals surface area contributed by atoms with E-state index in [9.17, 15) is 14.4 Å². The van der Waals surface area contributed by atoms with Gasteiger partial charge in [-0.3, -0.25) is 25.2 Å². The first-order chi connectivity index (χ1) is 10.4. The van der Waals surface area contributed by atoms with E-state index in [1.807, 2.05) is 13.8 Å². The van der Waals surface area contributed by atoms with Crippen molar-refractivity contribution in [2.45, 2.75) is 26.3 Å². The highest BCUT2D eigenvalue weighted by Crippen LogP contribution is 2.20. The Morgan fingerprint density at radius 2 is 1.95 bits per heavy atom. The number of carbonyl (C=O) groups is 3. The van der Waals surface area contributed by atoms with Crippen LogP contribution < -0.4 is 10.9 Å². The van der Waals surface area contributed by atoms with Crippen molar-refractivity contribution in [2.75, 3.05) is 6.54 Å². The van der Waals surface area contributed by atoms with Gasteiger partial charge in [0.2, 0.25) is 11.8 Å². The van der Waals surface area contributed by atoms with E-state index in [4.69, 9.17) is 0 Å². The topological polar surface area (TPSA) is 78.5 Å². The minimum atomic E-state index is -0.436. The van der Waals surface area contributed by atoms with E-state index in [0.717, 1.165) is 0 Å². The number of halogens is 1. The molecule has 1 saturated heterocycles. The molecule has 1 unspecified atom stereocenters. The molecule has 7 heteroatoms. The van der Waals surface area contributed by atoms with Crippen LogP contribution in [0.3, 0.4) is 0 Å². The fourth-order valence-electron chi connectivity index (χ4n) is 2.34. The highest BCUT2D eigenvalue weighted by atomic mass is 79.9. The average Bonchev–Trinajstić information content (AvgIpc) is 2.87. The predicted molar refractivity (Wildman–Crippen MR) is 84.7 cm³/mol. The standard InChI is InChI=1S/C15H18BrN3O3/c1-9(2)19-8-10(7-13(19)20)14(21)17-18-15(22)11-5-3-4-6-12(11)16/h3-6,9-10H,7-8H2,1-2H3,(H,17,21)(H,18,22). The van der Waals surface area contributed by atoms with Crippen LogP contribution in [-0.4, -0.2) is 35.2 Å². The van der Waals surface area contributed by atoms with Gasteiger partial charge < -0.3 is 4.90 Å². The maximum absolute atomic E-state index is 12.1. The van der Waals surface area contributed by atoms with E-state index in [2.05, 4.69) is 26.8 Å². The molecule has 2 N–H and O–H groups in total. The van der Waals surface area contributed by atoms with Gasteiger partial charge in [0.15, 0.2) is 0 Å². The molecule has 0 aliphatic carbocycles. The van der Waals surface area contributed by atoms with Crippen molar-refractivity contribution in [3.63, 3.8) is 0 Å². The van der Waals surface area contributed by atoms with Crippen LogP contribution in [0.1, 0.15) is 30.6 Å². The summed E-state index contributed by atoms with van der Waals surface area (Å²) in [5.41, 5.74) is 5.19. The molecule has 0 aromatic heterocycles. The number of likely N-dealkylation sites (tertiary alicyclic amines) is 1. The fourth-order valence-corrected chi connectivity index (χ4v) is 2.80. The molecule has 1 aromatic carbocycles. The lowest BCUT2D eigenvalue weighted by Crippen LogP contribution is -2.45. The van der Waals surface area contributed by atoms with Gasteiger partial charge in [0, 0.05) is 23.5 Å². The zero-order valence-corrected chi connectivity index (χ0v) is 14.0. The first-order valence-corrected chi connectivity index (χ1v) is 7.83. The van der Waals surface area contributed by atoms with Crippen LogP contribution in [0.4, 0.5) is 0 Å². The number of hydrogen-bond donors (Lipinski definition) is 2. The van der Waals surface area contributed by atoms with E-state index in [-0.39, 0.29) is 24.3 Å². The first-order valence-electron chi connectivity index (χ1n) is 7.04. The van der Waals surface area contributed by atoms with Gasteiger partial charge in [-0.1, -0.05) is 12.1 Å². The average molecular weight is 368 g/mol. The minimum absolute atomic E-state index is 0.0349. The van der Waals surface area contributed by atoms with Gasteiger partial charge >= 0.3 is 0 Å². The predicted octanol–water partition coefficient (Wildman–Crippen LogP) is 1.47. The summed E-state index contributed by atoms with van der Waals surface area (Å²) in [4.78, 5) is 37.5. The highest BCUT2D eigenvalue weighted by Gasteiger charge is 2.35. The number of nitrogens with zero attached hydrogens (tertiary/aromatic N) is 1. The molecule has 1 atom stereocenters. The van der Waals surface area contributed by atoms with Crippen LogP contribution in [0, 0.1) is 5.92 Å². The molecule has 1 heterocycles. The molecule has 0 radical (unpaired) electrons. The molecule has 1 aliphatic heterocycles. The van der Waals surface area contributed by atoms with Crippen molar-refractivity contribution < 1.29 is 14.4 Å². The maximum atomic E-state index is 12.1. The van der Waals surface area contributed by atoms with Crippen LogP contribution in [0.2, 0.25) is 0 Å². The van der Waals surface area contributed by atoms with Crippen LogP contribution in [-0.2, 0) is 9.59 Å². The van der Waals surface area contributed by atoms with Gasteiger partial charge in [-0.2, -0.15) is 0 Å². The van der Waals surface area contributed by atoms with Crippen LogP contribution >= 0.6 is 15.9 Å². The smallest absolute Gasteiger partial charge is 0.270 e. The highest BCUT2D eigenvalue weighted by molar-refractivity contribution is 9.10. The number of hydrogen-bond acceptors (Lipinski definition) is 3. The normalized spacial score (nSPS) is 17.7. The van der Waals surface area contributed by atoms with Crippen molar-refractivity contribution in [1.29, 1.82) is 0 Å². The Hall–Kier alpha value is -1.89. The quantitative estimate of drug-likeness (QED) is 0.794. The Morgan fingerprint density at radius 3 is 2.55 bits per heavy atom. The van der Waals surface area contributed by atoms with Crippen molar-refractivity contribution in [2.24, 2.45) is 5.92 Å². The van der Waals surface area contributed by atoms with E-state index in [1.54, 1.807) is 29.2 Å². The fraction of sp³-hybridized carbons (Fsp3) is 0.400. The molecule has 0 saturated carbocycles. The lowest BCUT2D eigenvalue weighted by atomic mass is 10.1. The second kappa shape index (κ2) is 6.91. The summed E-state index contributed by atoms with van der Waals surface area (Å²) in [6, 6.07) is 6.99. The third-order valence-corrected chi connectivity index (χ3v) is 4.26. The number of benzene rings is 1. The van der Waals surface area contributed by atoms with Crippen LogP contribution in [0.25, 0.3) is 0 Å². The van der Waals surface area contributed by atoms with E-state index < -0.39 is 11.8 Å². The second-order valence-electron chi connectivity index (χ2n) is 5.46. The number of hydrazine groups is 1. The van der Waals surface area contributed by atoms with Gasteiger partial charge in [-0.05, 0) is 41.9 Å². The zero-order chi connectivity index (χ0) is 16.3. The van der Waals surface area contributed by atoms with E-state index >= 15 is 0 Å². The van der Waals surface area contributed by atoms with Crippen LogP contribution in [0.5, 0.6) is 0 Å². The molecule has 1 aromatic rings. The van der Waals surface area contributed by atoms with Gasteiger partial charge in [0.05, 0.1) is 11.5 Å². The summed E-state index contributed by atoms with van der Waals surface area (Å²) < 4.78 is 0.642.